The largest absolute Gasteiger partial charge is 0.481 e. The Morgan fingerprint density at radius 3 is 2.68 bits per heavy atom. The first kappa shape index (κ1) is 16.0. The molecule has 0 aromatic carbocycles. The molecule has 0 saturated carbocycles. The summed E-state index contributed by atoms with van der Waals surface area (Å²) < 4.78 is 0.684. The molecule has 19 heavy (non-hydrogen) atoms. The fourth-order valence-electron chi connectivity index (χ4n) is 1.63. The monoisotopic (exact) mass is 303 g/mol. The van der Waals surface area contributed by atoms with Gasteiger partial charge in [0.25, 0.3) is 0 Å². The lowest BCUT2D eigenvalue weighted by molar-refractivity contribution is -0.137. The van der Waals surface area contributed by atoms with Crippen LogP contribution >= 0.6 is 22.9 Å². The maximum atomic E-state index is 11.9. The van der Waals surface area contributed by atoms with Gasteiger partial charge >= 0.3 is 5.97 Å². The van der Waals surface area contributed by atoms with Gasteiger partial charge in [-0.1, -0.05) is 18.0 Å². The van der Waals surface area contributed by atoms with Gasteiger partial charge in [0.05, 0.1) is 10.3 Å². The van der Waals surface area contributed by atoms with E-state index in [0.29, 0.717) is 17.3 Å². The summed E-state index contributed by atoms with van der Waals surface area (Å²) in [6.07, 6.45) is 2.46. The zero-order chi connectivity index (χ0) is 14.3. The maximum Gasteiger partial charge on any atom is 0.303 e. The molecule has 1 aromatic rings. The summed E-state index contributed by atoms with van der Waals surface area (Å²) in [6.45, 7) is 2.43. The van der Waals surface area contributed by atoms with Gasteiger partial charge in [0.15, 0.2) is 0 Å². The van der Waals surface area contributed by atoms with E-state index in [0.717, 1.165) is 17.7 Å². The molecule has 1 atom stereocenters. The summed E-state index contributed by atoms with van der Waals surface area (Å²) >= 11 is 7.25. The Morgan fingerprint density at radius 2 is 2.11 bits per heavy atom. The molecule has 0 aliphatic rings. The van der Waals surface area contributed by atoms with Crippen LogP contribution in [-0.2, 0) is 9.59 Å². The SMILES string of the molecule is CC(C(=O)NCCCCCC(=O)O)c1ccc(Cl)s1. The van der Waals surface area contributed by atoms with Crippen molar-refractivity contribution in [1.29, 1.82) is 0 Å². The third-order valence-electron chi connectivity index (χ3n) is 2.78. The Bertz CT molecular complexity index is 433. The molecule has 1 rings (SSSR count). The van der Waals surface area contributed by atoms with Crippen LogP contribution in [0.5, 0.6) is 0 Å². The van der Waals surface area contributed by atoms with Crippen molar-refractivity contribution in [2.24, 2.45) is 0 Å². The van der Waals surface area contributed by atoms with Crippen LogP contribution in [0.4, 0.5) is 0 Å². The van der Waals surface area contributed by atoms with E-state index >= 15 is 0 Å². The molecular formula is C13H18ClNO3S. The zero-order valence-electron chi connectivity index (χ0n) is 10.8. The molecule has 1 unspecified atom stereocenters. The van der Waals surface area contributed by atoms with Crippen LogP contribution in [0.15, 0.2) is 12.1 Å². The van der Waals surface area contributed by atoms with E-state index in [9.17, 15) is 9.59 Å². The van der Waals surface area contributed by atoms with Gasteiger partial charge in [0, 0.05) is 17.8 Å². The second-order valence-corrected chi connectivity index (χ2v) is 6.11. The highest BCUT2D eigenvalue weighted by Gasteiger charge is 2.16. The molecule has 2 N–H and O–H groups in total. The lowest BCUT2D eigenvalue weighted by Gasteiger charge is -2.10. The highest BCUT2D eigenvalue weighted by molar-refractivity contribution is 7.16. The van der Waals surface area contributed by atoms with E-state index < -0.39 is 5.97 Å². The Labute approximate surface area is 121 Å². The smallest absolute Gasteiger partial charge is 0.303 e. The molecule has 0 saturated heterocycles. The second-order valence-electron chi connectivity index (χ2n) is 4.36. The van der Waals surface area contributed by atoms with Gasteiger partial charge in [-0.05, 0) is 31.9 Å². The van der Waals surface area contributed by atoms with E-state index in [1.807, 2.05) is 13.0 Å². The van der Waals surface area contributed by atoms with Crippen molar-refractivity contribution in [3.05, 3.63) is 21.3 Å². The van der Waals surface area contributed by atoms with Crippen LogP contribution in [0, 0.1) is 0 Å². The second kappa shape index (κ2) is 8.17. The number of carbonyl (C=O) groups excluding carboxylic acids is 1. The molecule has 6 heteroatoms. The van der Waals surface area contributed by atoms with Gasteiger partial charge in [-0.2, -0.15) is 0 Å². The van der Waals surface area contributed by atoms with Crippen LogP contribution in [0.25, 0.3) is 0 Å². The minimum atomic E-state index is -0.771. The van der Waals surface area contributed by atoms with Crippen LogP contribution in [0.1, 0.15) is 43.4 Å². The summed E-state index contributed by atoms with van der Waals surface area (Å²) in [6, 6.07) is 3.65. The normalized spacial score (nSPS) is 12.1. The highest BCUT2D eigenvalue weighted by atomic mass is 35.5. The van der Waals surface area contributed by atoms with E-state index in [-0.39, 0.29) is 18.2 Å². The number of rotatable bonds is 8. The lowest BCUT2D eigenvalue weighted by Crippen LogP contribution is -2.28. The van der Waals surface area contributed by atoms with Gasteiger partial charge in [0.2, 0.25) is 5.91 Å². The van der Waals surface area contributed by atoms with Gasteiger partial charge in [-0.15, -0.1) is 11.3 Å². The molecule has 1 heterocycles. The number of hydrogen-bond donors (Lipinski definition) is 2. The molecular weight excluding hydrogens is 286 g/mol. The minimum absolute atomic E-state index is 0.0169. The van der Waals surface area contributed by atoms with E-state index in [2.05, 4.69) is 5.32 Å². The number of thiophene rings is 1. The third kappa shape index (κ3) is 6.07. The van der Waals surface area contributed by atoms with E-state index in [1.54, 1.807) is 6.07 Å². The van der Waals surface area contributed by atoms with E-state index in [1.165, 1.54) is 11.3 Å². The summed E-state index contributed by atoms with van der Waals surface area (Å²) in [7, 11) is 0. The molecule has 1 amide bonds. The van der Waals surface area contributed by atoms with Crippen molar-refractivity contribution in [3.8, 4) is 0 Å². The number of carbonyl (C=O) groups is 2. The highest BCUT2D eigenvalue weighted by Crippen LogP contribution is 2.27. The van der Waals surface area contributed by atoms with E-state index in [4.69, 9.17) is 16.7 Å². The lowest BCUT2D eigenvalue weighted by atomic mass is 10.1. The number of carboxylic acids is 1. The molecule has 0 fully saturated rings. The zero-order valence-corrected chi connectivity index (χ0v) is 12.4. The molecule has 0 spiro atoms. The standard InChI is InChI=1S/C13H18ClNO3S/c1-9(10-6-7-11(14)19-10)13(18)15-8-4-2-3-5-12(16)17/h6-7,9H,2-5,8H2,1H3,(H,15,18)(H,16,17). The average Bonchev–Trinajstić information content (AvgIpc) is 2.78. The fraction of sp³-hybridized carbons (Fsp3) is 0.538. The number of nitrogens with one attached hydrogen (secondary N) is 1. The van der Waals surface area contributed by atoms with Crippen LogP contribution in [0.2, 0.25) is 4.34 Å². The molecule has 0 aliphatic heterocycles. The Morgan fingerprint density at radius 1 is 1.37 bits per heavy atom. The van der Waals surface area contributed by atoms with Gasteiger partial charge in [0.1, 0.15) is 0 Å². The predicted octanol–water partition coefficient (Wildman–Crippen LogP) is 3.27. The van der Waals surface area contributed by atoms with Crippen molar-refractivity contribution in [1.82, 2.24) is 5.32 Å². The van der Waals surface area contributed by atoms with Crippen LogP contribution in [0.3, 0.4) is 0 Å². The molecule has 0 radical (unpaired) electrons. The first-order chi connectivity index (χ1) is 9.00. The van der Waals surface area contributed by atoms with Gasteiger partial charge in [-0.25, -0.2) is 0 Å². The van der Waals surface area contributed by atoms with Gasteiger partial charge < -0.3 is 10.4 Å². The summed E-state index contributed by atoms with van der Waals surface area (Å²) in [5.41, 5.74) is 0. The number of carboxylic acid groups (broad SMARTS) is 1. The molecule has 0 bridgehead atoms. The number of unbranched alkanes of at least 4 members (excludes halogenated alkanes) is 2. The first-order valence-electron chi connectivity index (χ1n) is 6.25. The van der Waals surface area contributed by atoms with Crippen molar-refractivity contribution in [3.63, 3.8) is 0 Å². The first-order valence-corrected chi connectivity index (χ1v) is 7.45. The summed E-state index contributed by atoms with van der Waals surface area (Å²) in [5, 5.41) is 11.3. The van der Waals surface area contributed by atoms with Crippen molar-refractivity contribution in [2.75, 3.05) is 6.54 Å². The number of hydrogen-bond acceptors (Lipinski definition) is 3. The number of aliphatic carboxylic acids is 1. The topological polar surface area (TPSA) is 66.4 Å². The quantitative estimate of drug-likeness (QED) is 0.724. The Kier molecular flexibility index (Phi) is 6.87. The maximum absolute atomic E-state index is 11.9. The minimum Gasteiger partial charge on any atom is -0.481 e. The molecule has 0 aliphatic carbocycles. The van der Waals surface area contributed by atoms with Crippen molar-refractivity contribution >= 4 is 34.8 Å². The Hall–Kier alpha value is -1.07. The number of halogens is 1. The van der Waals surface area contributed by atoms with Crippen molar-refractivity contribution in [2.45, 2.75) is 38.5 Å². The fourth-order valence-corrected chi connectivity index (χ4v) is 2.74. The molecule has 1 aromatic heterocycles. The number of amides is 1. The summed E-state index contributed by atoms with van der Waals surface area (Å²) in [5.74, 6) is -0.986. The Balaban J connectivity index is 2.19. The average molecular weight is 304 g/mol. The molecule has 4 nitrogen and oxygen atoms in total. The van der Waals surface area contributed by atoms with Gasteiger partial charge in [-0.3, -0.25) is 9.59 Å². The van der Waals surface area contributed by atoms with Crippen LogP contribution < -0.4 is 5.32 Å². The molecule has 106 valence electrons. The predicted molar refractivity (Wildman–Crippen MR) is 76.9 cm³/mol. The summed E-state index contributed by atoms with van der Waals surface area (Å²) in [4.78, 5) is 23.1. The van der Waals surface area contributed by atoms with Crippen molar-refractivity contribution < 1.29 is 14.7 Å². The van der Waals surface area contributed by atoms with Crippen LogP contribution in [-0.4, -0.2) is 23.5 Å². The third-order valence-corrected chi connectivity index (χ3v) is 4.19.